The van der Waals surface area contributed by atoms with Gasteiger partial charge in [-0.05, 0) is 66.7 Å². The van der Waals surface area contributed by atoms with Crippen LogP contribution in [0.4, 0.5) is 4.39 Å². The molecular formula is C20H24FN5OS. The molecule has 28 heavy (non-hydrogen) atoms. The first kappa shape index (κ1) is 20.2. The van der Waals surface area contributed by atoms with Gasteiger partial charge in [0.25, 0.3) is 5.91 Å². The number of hydrogen-bond donors (Lipinski definition) is 1. The third-order valence-corrected chi connectivity index (χ3v) is 5.38. The van der Waals surface area contributed by atoms with Crippen LogP contribution in [0.15, 0.2) is 41.1 Å². The summed E-state index contributed by atoms with van der Waals surface area (Å²) in [7, 11) is 0. The summed E-state index contributed by atoms with van der Waals surface area (Å²) < 4.78 is 14.7. The van der Waals surface area contributed by atoms with Gasteiger partial charge in [-0.15, -0.1) is 5.10 Å². The molecule has 0 saturated heterocycles. The first-order chi connectivity index (χ1) is 13.5. The smallest absolute Gasteiger partial charge is 0.291 e. The lowest BCUT2D eigenvalue weighted by molar-refractivity contribution is 0.0924. The van der Waals surface area contributed by atoms with Crippen molar-refractivity contribution in [1.29, 1.82) is 0 Å². The van der Waals surface area contributed by atoms with Crippen LogP contribution in [0.1, 0.15) is 41.9 Å². The Morgan fingerprint density at radius 3 is 2.57 bits per heavy atom. The van der Waals surface area contributed by atoms with Crippen LogP contribution < -0.4 is 5.32 Å². The van der Waals surface area contributed by atoms with E-state index in [1.807, 2.05) is 5.38 Å². The summed E-state index contributed by atoms with van der Waals surface area (Å²) in [6.45, 7) is 8.24. The van der Waals surface area contributed by atoms with E-state index in [9.17, 15) is 9.18 Å². The molecule has 1 aromatic carbocycles. The predicted molar refractivity (Wildman–Crippen MR) is 108 cm³/mol. The highest BCUT2D eigenvalue weighted by Crippen LogP contribution is 2.22. The molecule has 0 radical (unpaired) electrons. The second kappa shape index (κ2) is 9.07. The van der Waals surface area contributed by atoms with Gasteiger partial charge < -0.3 is 5.32 Å². The molecule has 0 aliphatic carbocycles. The van der Waals surface area contributed by atoms with Crippen molar-refractivity contribution in [3.63, 3.8) is 0 Å². The SMILES string of the molecule is CCN(CC)[C@@H](CNC(=O)c1nc(C)n(-c2ccc(F)cc2)n1)c1ccsc1. The van der Waals surface area contributed by atoms with Gasteiger partial charge in [-0.25, -0.2) is 14.1 Å². The zero-order valence-electron chi connectivity index (χ0n) is 16.2. The first-order valence-corrected chi connectivity index (χ1v) is 10.2. The lowest BCUT2D eigenvalue weighted by atomic mass is 10.1. The Bertz CT molecular complexity index is 903. The number of benzene rings is 1. The van der Waals surface area contributed by atoms with Crippen LogP contribution in [0.2, 0.25) is 0 Å². The molecule has 3 rings (SSSR count). The summed E-state index contributed by atoms with van der Waals surface area (Å²) in [4.78, 5) is 19.2. The summed E-state index contributed by atoms with van der Waals surface area (Å²) in [5.74, 6) is 0.0204. The molecule has 8 heteroatoms. The molecule has 148 valence electrons. The molecule has 0 unspecified atom stereocenters. The minimum absolute atomic E-state index is 0.102. The maximum atomic E-state index is 13.1. The second-order valence-electron chi connectivity index (χ2n) is 6.37. The van der Waals surface area contributed by atoms with Crippen LogP contribution in [-0.2, 0) is 0 Å². The van der Waals surface area contributed by atoms with Gasteiger partial charge in [0.05, 0.1) is 11.7 Å². The monoisotopic (exact) mass is 401 g/mol. The first-order valence-electron chi connectivity index (χ1n) is 9.27. The summed E-state index contributed by atoms with van der Waals surface area (Å²) in [6, 6.07) is 8.10. The van der Waals surface area contributed by atoms with Gasteiger partial charge in [0.15, 0.2) is 0 Å². The van der Waals surface area contributed by atoms with Crippen molar-refractivity contribution in [2.75, 3.05) is 19.6 Å². The third kappa shape index (κ3) is 4.45. The van der Waals surface area contributed by atoms with Gasteiger partial charge in [-0.2, -0.15) is 11.3 Å². The highest BCUT2D eigenvalue weighted by atomic mass is 32.1. The molecule has 0 spiro atoms. The van der Waals surface area contributed by atoms with E-state index in [0.29, 0.717) is 18.1 Å². The van der Waals surface area contributed by atoms with Gasteiger partial charge in [0.1, 0.15) is 11.6 Å². The summed E-state index contributed by atoms with van der Waals surface area (Å²) in [5.41, 5.74) is 1.85. The number of aromatic nitrogens is 3. The van der Waals surface area contributed by atoms with Gasteiger partial charge in [0, 0.05) is 6.54 Å². The molecule has 0 saturated carbocycles. The predicted octanol–water partition coefficient (Wildman–Crippen LogP) is 3.59. The number of halogens is 1. The number of nitrogens with zero attached hydrogens (tertiary/aromatic N) is 4. The topological polar surface area (TPSA) is 63.1 Å². The third-order valence-electron chi connectivity index (χ3n) is 4.68. The molecule has 0 aliphatic heterocycles. The molecule has 1 N–H and O–H groups in total. The van der Waals surface area contributed by atoms with Crippen LogP contribution in [0.5, 0.6) is 0 Å². The number of amides is 1. The van der Waals surface area contributed by atoms with Crippen molar-refractivity contribution in [3.8, 4) is 5.69 Å². The fraction of sp³-hybridized carbons (Fsp3) is 0.350. The zero-order chi connectivity index (χ0) is 20.1. The maximum Gasteiger partial charge on any atom is 0.291 e. The Morgan fingerprint density at radius 1 is 1.25 bits per heavy atom. The minimum atomic E-state index is -0.324. The van der Waals surface area contributed by atoms with E-state index in [2.05, 4.69) is 45.6 Å². The van der Waals surface area contributed by atoms with Crippen molar-refractivity contribution >= 4 is 17.2 Å². The van der Waals surface area contributed by atoms with Crippen LogP contribution in [0.3, 0.4) is 0 Å². The standard InChI is InChI=1S/C20H24FN5OS/c1-4-25(5-2)18(15-10-11-28-13-15)12-22-20(27)19-23-14(3)26(24-19)17-8-6-16(21)7-9-17/h6-11,13,18H,4-5,12H2,1-3H3,(H,22,27)/t18-/m0/s1. The Balaban J connectivity index is 1.73. The van der Waals surface area contributed by atoms with Crippen LogP contribution in [0, 0.1) is 12.7 Å². The van der Waals surface area contributed by atoms with Crippen LogP contribution in [-0.4, -0.2) is 45.2 Å². The molecule has 0 fully saturated rings. The van der Waals surface area contributed by atoms with Crippen molar-refractivity contribution in [1.82, 2.24) is 25.0 Å². The average Bonchev–Trinajstić information content (AvgIpc) is 3.35. The second-order valence-corrected chi connectivity index (χ2v) is 7.15. The lowest BCUT2D eigenvalue weighted by Gasteiger charge is -2.29. The van der Waals surface area contributed by atoms with Gasteiger partial charge in [0.2, 0.25) is 5.82 Å². The van der Waals surface area contributed by atoms with Gasteiger partial charge in [-0.1, -0.05) is 13.8 Å². The van der Waals surface area contributed by atoms with E-state index in [-0.39, 0.29) is 23.6 Å². The fourth-order valence-electron chi connectivity index (χ4n) is 3.17. The quantitative estimate of drug-likeness (QED) is 0.627. The highest BCUT2D eigenvalue weighted by molar-refractivity contribution is 7.07. The Morgan fingerprint density at radius 2 is 1.96 bits per heavy atom. The normalized spacial score (nSPS) is 12.3. The van der Waals surface area contributed by atoms with E-state index in [4.69, 9.17) is 0 Å². The molecule has 1 atom stereocenters. The van der Waals surface area contributed by atoms with E-state index in [1.54, 1.807) is 30.4 Å². The van der Waals surface area contributed by atoms with E-state index in [0.717, 1.165) is 13.1 Å². The number of carbonyl (C=O) groups excluding carboxylic acids is 1. The van der Waals surface area contributed by atoms with Crippen molar-refractivity contribution in [2.45, 2.75) is 26.8 Å². The maximum absolute atomic E-state index is 13.1. The molecule has 0 aliphatic rings. The number of likely N-dealkylation sites (N-methyl/N-ethyl adjacent to an activating group) is 1. The van der Waals surface area contributed by atoms with Gasteiger partial charge >= 0.3 is 0 Å². The number of thiophene rings is 1. The number of rotatable bonds is 8. The molecule has 1 amide bonds. The summed E-state index contributed by atoms with van der Waals surface area (Å²) in [6.07, 6.45) is 0. The largest absolute Gasteiger partial charge is 0.347 e. The minimum Gasteiger partial charge on any atom is -0.347 e. The Hall–Kier alpha value is -2.58. The molecule has 3 aromatic rings. The summed E-state index contributed by atoms with van der Waals surface area (Å²) >= 11 is 1.65. The average molecular weight is 402 g/mol. The molecule has 6 nitrogen and oxygen atoms in total. The number of carbonyl (C=O) groups is 1. The van der Waals surface area contributed by atoms with Crippen molar-refractivity contribution in [2.24, 2.45) is 0 Å². The number of hydrogen-bond acceptors (Lipinski definition) is 5. The highest BCUT2D eigenvalue weighted by Gasteiger charge is 2.21. The molecule has 0 bridgehead atoms. The Labute approximate surface area is 168 Å². The van der Waals surface area contributed by atoms with E-state index < -0.39 is 0 Å². The van der Waals surface area contributed by atoms with Crippen molar-refractivity contribution in [3.05, 3.63) is 64.1 Å². The van der Waals surface area contributed by atoms with E-state index >= 15 is 0 Å². The molecule has 2 heterocycles. The zero-order valence-corrected chi connectivity index (χ0v) is 17.0. The van der Waals surface area contributed by atoms with Crippen LogP contribution in [0.25, 0.3) is 5.69 Å². The number of aryl methyl sites for hydroxylation is 1. The molecular weight excluding hydrogens is 377 g/mol. The summed E-state index contributed by atoms with van der Waals surface area (Å²) in [5, 5.41) is 11.4. The fourth-order valence-corrected chi connectivity index (χ4v) is 3.88. The number of nitrogens with one attached hydrogen (secondary N) is 1. The van der Waals surface area contributed by atoms with Gasteiger partial charge in [-0.3, -0.25) is 9.69 Å². The lowest BCUT2D eigenvalue weighted by Crippen LogP contribution is -2.38. The van der Waals surface area contributed by atoms with Crippen molar-refractivity contribution < 1.29 is 9.18 Å². The Kier molecular flexibility index (Phi) is 6.53. The van der Waals surface area contributed by atoms with Crippen LogP contribution >= 0.6 is 11.3 Å². The molecule has 2 aromatic heterocycles. The van der Waals surface area contributed by atoms with E-state index in [1.165, 1.54) is 22.4 Å².